The van der Waals surface area contributed by atoms with Crippen LogP contribution in [0.3, 0.4) is 0 Å². The summed E-state index contributed by atoms with van der Waals surface area (Å²) < 4.78 is 0. The third-order valence-corrected chi connectivity index (χ3v) is 3.34. The molecule has 0 atom stereocenters. The Morgan fingerprint density at radius 1 is 0.789 bits per heavy atom. The maximum Gasteiger partial charge on any atom is 0 e. The van der Waals surface area contributed by atoms with Gasteiger partial charge < -0.3 is 0 Å². The van der Waals surface area contributed by atoms with E-state index in [0.29, 0.717) is 0 Å². The molecule has 0 fully saturated rings. The van der Waals surface area contributed by atoms with Crippen LogP contribution in [0.25, 0.3) is 0 Å². The van der Waals surface area contributed by atoms with Gasteiger partial charge in [0.05, 0.1) is 0 Å². The van der Waals surface area contributed by atoms with Crippen LogP contribution >= 0.6 is 0 Å². The number of hydrogen-bond acceptors (Lipinski definition) is 0. The molecule has 0 amide bonds. The zero-order chi connectivity index (χ0) is 13.4. The van der Waals surface area contributed by atoms with Gasteiger partial charge in [-0.1, -0.05) is 53.4 Å². The molecule has 0 saturated carbocycles. The van der Waals surface area contributed by atoms with Gasteiger partial charge in [0.25, 0.3) is 0 Å². The minimum absolute atomic E-state index is 0. The van der Waals surface area contributed by atoms with Gasteiger partial charge >= 0.3 is 0 Å². The topological polar surface area (TPSA) is 0 Å². The Morgan fingerprint density at radius 2 is 1.16 bits per heavy atom. The van der Waals surface area contributed by atoms with E-state index in [2.05, 4.69) is 64.1 Å². The number of hydrogen-bond donors (Lipinski definition) is 0. The second-order valence-corrected chi connectivity index (χ2v) is 4.97. The Kier molecular flexibility index (Phi) is 10.1. The zero-order valence-corrected chi connectivity index (χ0v) is 16.4. The van der Waals surface area contributed by atoms with Crippen molar-refractivity contribution in [3.05, 3.63) is 58.7 Å². The Hall–Kier alpha value is -0.430. The number of aryl methyl sites for hydroxylation is 4. The van der Waals surface area contributed by atoms with Gasteiger partial charge in [-0.3, -0.25) is 0 Å². The molecule has 2 aromatic carbocycles. The fourth-order valence-corrected chi connectivity index (χ4v) is 2.19. The van der Waals surface area contributed by atoms with Crippen molar-refractivity contribution in [1.82, 2.24) is 0 Å². The van der Waals surface area contributed by atoms with Crippen LogP contribution in [0.15, 0.2) is 36.4 Å². The molecule has 0 aliphatic heterocycles. The monoisotopic (exact) mass is 422 g/mol. The average molecular weight is 421 g/mol. The molecule has 0 N–H and O–H groups in total. The second-order valence-electron chi connectivity index (χ2n) is 4.97. The standard InChI is InChI=1S/2C9H13.Hf/c2*1-3-5-9-7-4-6-8(9)2;/h2*4,6-7H,3,5H2,1-2H3;/q2*-1;. The molecule has 0 nitrogen and oxygen atoms in total. The smallest absolute Gasteiger partial charge is 0 e. The summed E-state index contributed by atoms with van der Waals surface area (Å²) >= 11 is 0. The van der Waals surface area contributed by atoms with Gasteiger partial charge in [0.1, 0.15) is 0 Å². The third kappa shape index (κ3) is 6.51. The van der Waals surface area contributed by atoms with Crippen LogP contribution in [-0.2, 0) is 38.7 Å². The van der Waals surface area contributed by atoms with Crippen LogP contribution in [-0.4, -0.2) is 0 Å². The van der Waals surface area contributed by atoms with Crippen molar-refractivity contribution < 1.29 is 25.8 Å². The van der Waals surface area contributed by atoms with Crippen molar-refractivity contribution >= 4 is 0 Å². The molecule has 0 aliphatic carbocycles. The van der Waals surface area contributed by atoms with E-state index in [1.54, 1.807) is 0 Å². The van der Waals surface area contributed by atoms with Gasteiger partial charge in [-0.15, -0.1) is 0 Å². The molecule has 0 heterocycles. The van der Waals surface area contributed by atoms with E-state index in [1.807, 2.05) is 0 Å². The molecular weight excluding hydrogens is 395 g/mol. The van der Waals surface area contributed by atoms with E-state index < -0.39 is 0 Å². The Bertz CT molecular complexity index is 392. The predicted octanol–water partition coefficient (Wildman–Crippen LogP) is 5.33. The molecular formula is C18H26Hf-2. The molecule has 0 aromatic heterocycles. The summed E-state index contributed by atoms with van der Waals surface area (Å²) in [5, 5.41) is 0. The molecule has 1 heteroatoms. The van der Waals surface area contributed by atoms with E-state index in [9.17, 15) is 0 Å². The van der Waals surface area contributed by atoms with Gasteiger partial charge in [-0.2, -0.15) is 34.4 Å². The fraction of sp³-hybridized carbons (Fsp3) is 0.444. The first-order valence-electron chi connectivity index (χ1n) is 7.11. The summed E-state index contributed by atoms with van der Waals surface area (Å²) in [5.41, 5.74) is 5.91. The van der Waals surface area contributed by atoms with Crippen molar-refractivity contribution in [3.8, 4) is 0 Å². The second kappa shape index (κ2) is 10.4. The van der Waals surface area contributed by atoms with E-state index >= 15 is 0 Å². The van der Waals surface area contributed by atoms with Crippen molar-refractivity contribution in [1.29, 1.82) is 0 Å². The summed E-state index contributed by atoms with van der Waals surface area (Å²) in [6.07, 6.45) is 4.98. The van der Waals surface area contributed by atoms with E-state index in [4.69, 9.17) is 0 Å². The van der Waals surface area contributed by atoms with Crippen LogP contribution in [0.5, 0.6) is 0 Å². The average Bonchev–Trinajstić information content (AvgIpc) is 2.92. The van der Waals surface area contributed by atoms with E-state index in [1.165, 1.54) is 47.9 Å². The summed E-state index contributed by atoms with van der Waals surface area (Å²) in [6.45, 7) is 8.77. The molecule has 0 saturated heterocycles. The van der Waals surface area contributed by atoms with Crippen molar-refractivity contribution in [3.63, 3.8) is 0 Å². The zero-order valence-electron chi connectivity index (χ0n) is 12.8. The molecule has 0 bridgehead atoms. The first-order chi connectivity index (χ1) is 8.69. The van der Waals surface area contributed by atoms with Gasteiger partial charge in [-0.25, -0.2) is 24.3 Å². The molecule has 0 unspecified atom stereocenters. The van der Waals surface area contributed by atoms with Crippen molar-refractivity contribution in [2.24, 2.45) is 0 Å². The predicted molar refractivity (Wildman–Crippen MR) is 81.5 cm³/mol. The van der Waals surface area contributed by atoms with E-state index in [0.717, 1.165) is 0 Å². The first kappa shape index (κ1) is 18.6. The van der Waals surface area contributed by atoms with Gasteiger partial charge in [0.2, 0.25) is 0 Å². The van der Waals surface area contributed by atoms with Crippen LogP contribution in [0, 0.1) is 13.8 Å². The summed E-state index contributed by atoms with van der Waals surface area (Å²) in [5.74, 6) is 0. The molecule has 2 rings (SSSR count). The minimum atomic E-state index is 0. The molecule has 0 radical (unpaired) electrons. The quantitative estimate of drug-likeness (QED) is 0.463. The molecule has 0 spiro atoms. The summed E-state index contributed by atoms with van der Waals surface area (Å²) in [7, 11) is 0. The Balaban J connectivity index is 0.000000324. The molecule has 19 heavy (non-hydrogen) atoms. The van der Waals surface area contributed by atoms with Gasteiger partial charge in [0, 0.05) is 25.8 Å². The van der Waals surface area contributed by atoms with Crippen LogP contribution in [0.2, 0.25) is 0 Å². The SMILES string of the molecule is CCC[c-]1cccc1C.CCC[c-]1cccc1C.[Hf]. The Labute approximate surface area is 137 Å². The van der Waals surface area contributed by atoms with Gasteiger partial charge in [0.15, 0.2) is 0 Å². The summed E-state index contributed by atoms with van der Waals surface area (Å²) in [6, 6.07) is 13.0. The molecule has 104 valence electrons. The molecule has 2 aromatic rings. The Morgan fingerprint density at radius 3 is 1.37 bits per heavy atom. The van der Waals surface area contributed by atoms with Crippen molar-refractivity contribution in [2.45, 2.75) is 53.4 Å². The minimum Gasteiger partial charge on any atom is -0.213 e. The largest absolute Gasteiger partial charge is 0.213 e. The van der Waals surface area contributed by atoms with Crippen molar-refractivity contribution in [2.75, 3.05) is 0 Å². The third-order valence-electron chi connectivity index (χ3n) is 3.34. The normalized spacial score (nSPS) is 9.47. The van der Waals surface area contributed by atoms with Gasteiger partial charge in [-0.05, 0) is 0 Å². The fourth-order valence-electron chi connectivity index (χ4n) is 2.19. The summed E-state index contributed by atoms with van der Waals surface area (Å²) in [4.78, 5) is 0. The maximum atomic E-state index is 2.21. The van der Waals surface area contributed by atoms with Crippen LogP contribution in [0.4, 0.5) is 0 Å². The number of rotatable bonds is 4. The maximum absolute atomic E-state index is 2.21. The molecule has 0 aliphatic rings. The van der Waals surface area contributed by atoms with Crippen LogP contribution in [0.1, 0.15) is 48.9 Å². The van der Waals surface area contributed by atoms with Crippen LogP contribution < -0.4 is 0 Å². The van der Waals surface area contributed by atoms with E-state index in [-0.39, 0.29) is 25.8 Å². The first-order valence-corrected chi connectivity index (χ1v) is 7.11.